The van der Waals surface area contributed by atoms with Crippen molar-refractivity contribution in [1.29, 1.82) is 0 Å². The third kappa shape index (κ3) is 3.92. The first kappa shape index (κ1) is 13.3. The van der Waals surface area contributed by atoms with Crippen molar-refractivity contribution < 1.29 is 17.6 Å². The van der Waals surface area contributed by atoms with E-state index in [9.17, 15) is 13.2 Å². The number of anilines is 1. The molecule has 0 unspecified atom stereocenters. The van der Waals surface area contributed by atoms with Gasteiger partial charge in [0, 0.05) is 12.5 Å². The molecule has 0 fully saturated rings. The van der Waals surface area contributed by atoms with E-state index in [-0.39, 0.29) is 17.3 Å². The fourth-order valence-corrected chi connectivity index (χ4v) is 2.14. The molecule has 0 saturated carbocycles. The Bertz CT molecular complexity index is 677. The lowest BCUT2D eigenvalue weighted by Crippen LogP contribution is -2.10. The van der Waals surface area contributed by atoms with Crippen LogP contribution in [-0.2, 0) is 15.6 Å². The molecule has 2 aromatic rings. The number of carbonyl (C=O) groups is 1. The van der Waals surface area contributed by atoms with Crippen LogP contribution in [0.15, 0.2) is 41.1 Å². The molecule has 0 atom stereocenters. The van der Waals surface area contributed by atoms with E-state index >= 15 is 0 Å². The lowest BCUT2D eigenvalue weighted by molar-refractivity contribution is 0.0995. The van der Waals surface area contributed by atoms with Crippen LogP contribution in [0.2, 0.25) is 0 Å². The van der Waals surface area contributed by atoms with Gasteiger partial charge in [0.05, 0.1) is 11.9 Å². The Morgan fingerprint density at radius 1 is 1.37 bits per heavy atom. The Morgan fingerprint density at radius 3 is 2.79 bits per heavy atom. The molecule has 1 N–H and O–H groups in total. The molecule has 0 saturated heterocycles. The molecule has 6 nitrogen and oxygen atoms in total. The highest BCUT2D eigenvalue weighted by Crippen LogP contribution is 2.13. The second kappa shape index (κ2) is 5.23. The van der Waals surface area contributed by atoms with E-state index in [1.807, 2.05) is 0 Å². The van der Waals surface area contributed by atoms with Crippen molar-refractivity contribution in [3.63, 3.8) is 0 Å². The minimum absolute atomic E-state index is 0.0579. The Morgan fingerprint density at radius 2 is 2.16 bits per heavy atom. The Kier molecular flexibility index (Phi) is 3.66. The number of amides is 1. The molecule has 2 rings (SSSR count). The van der Waals surface area contributed by atoms with Crippen LogP contribution in [0.1, 0.15) is 16.3 Å². The van der Waals surface area contributed by atoms with E-state index in [1.165, 1.54) is 18.3 Å². The lowest BCUT2D eigenvalue weighted by atomic mass is 10.3. The van der Waals surface area contributed by atoms with Gasteiger partial charge >= 0.3 is 0 Å². The maximum absolute atomic E-state index is 11.8. The van der Waals surface area contributed by atoms with Gasteiger partial charge in [-0.2, -0.15) is 0 Å². The third-order valence-electron chi connectivity index (χ3n) is 2.21. The monoisotopic (exact) mass is 280 g/mol. The van der Waals surface area contributed by atoms with Crippen LogP contribution in [0.5, 0.6) is 0 Å². The topological polar surface area (TPSA) is 89.3 Å². The van der Waals surface area contributed by atoms with Crippen LogP contribution >= 0.6 is 0 Å². The first-order valence-corrected chi connectivity index (χ1v) is 7.48. The standard InChI is InChI=1S/C12H12N2O4S/c1-19(16,17)8-10-4-5-11(18-10)12(15)14-9-3-2-6-13-7-9/h2-7H,8H2,1H3,(H,14,15). The molecule has 2 heterocycles. The second-order valence-corrected chi connectivity index (χ2v) is 6.17. The van der Waals surface area contributed by atoms with Gasteiger partial charge in [-0.3, -0.25) is 9.78 Å². The van der Waals surface area contributed by atoms with Gasteiger partial charge in [0.15, 0.2) is 15.6 Å². The van der Waals surface area contributed by atoms with Crippen molar-refractivity contribution in [2.75, 3.05) is 11.6 Å². The van der Waals surface area contributed by atoms with Gasteiger partial charge in [-0.1, -0.05) is 0 Å². The zero-order valence-electron chi connectivity index (χ0n) is 10.2. The normalized spacial score (nSPS) is 11.2. The average molecular weight is 280 g/mol. The molecule has 7 heteroatoms. The van der Waals surface area contributed by atoms with Crippen LogP contribution < -0.4 is 5.32 Å². The number of carbonyl (C=O) groups excluding carboxylic acids is 1. The van der Waals surface area contributed by atoms with Crippen LogP contribution in [0.4, 0.5) is 5.69 Å². The highest BCUT2D eigenvalue weighted by Gasteiger charge is 2.14. The summed E-state index contributed by atoms with van der Waals surface area (Å²) in [6, 6.07) is 6.28. The molecule has 1 amide bonds. The van der Waals surface area contributed by atoms with E-state index in [2.05, 4.69) is 10.3 Å². The second-order valence-electron chi connectivity index (χ2n) is 4.03. The molecule has 19 heavy (non-hydrogen) atoms. The number of nitrogens with one attached hydrogen (secondary N) is 1. The molecule has 100 valence electrons. The summed E-state index contributed by atoms with van der Waals surface area (Å²) in [5.74, 6) is -0.387. The van der Waals surface area contributed by atoms with Gasteiger partial charge in [-0.15, -0.1) is 0 Å². The van der Waals surface area contributed by atoms with E-state index in [0.717, 1.165) is 6.26 Å². The average Bonchev–Trinajstić information content (AvgIpc) is 2.76. The molecule has 0 aromatic carbocycles. The molecule has 0 aliphatic heterocycles. The summed E-state index contributed by atoms with van der Waals surface area (Å²) in [4.78, 5) is 15.7. The van der Waals surface area contributed by atoms with Gasteiger partial charge in [-0.05, 0) is 24.3 Å². The minimum atomic E-state index is -3.18. The van der Waals surface area contributed by atoms with E-state index in [0.29, 0.717) is 5.69 Å². The maximum atomic E-state index is 11.8. The summed E-state index contributed by atoms with van der Waals surface area (Å²) in [6.07, 6.45) is 4.19. The van der Waals surface area contributed by atoms with Gasteiger partial charge in [0.1, 0.15) is 11.5 Å². The van der Waals surface area contributed by atoms with Crippen molar-refractivity contribution >= 4 is 21.4 Å². The largest absolute Gasteiger partial charge is 0.455 e. The highest BCUT2D eigenvalue weighted by molar-refractivity contribution is 7.89. The summed E-state index contributed by atoms with van der Waals surface area (Å²) in [7, 11) is -3.18. The molecule has 0 aliphatic carbocycles. The Hall–Kier alpha value is -2.15. The maximum Gasteiger partial charge on any atom is 0.291 e. The Balaban J connectivity index is 2.08. The van der Waals surface area contributed by atoms with Crippen molar-refractivity contribution in [2.24, 2.45) is 0 Å². The summed E-state index contributed by atoms with van der Waals surface area (Å²) >= 11 is 0. The van der Waals surface area contributed by atoms with Crippen LogP contribution in [0, 0.1) is 0 Å². The van der Waals surface area contributed by atoms with Gasteiger partial charge in [0.2, 0.25) is 0 Å². The van der Waals surface area contributed by atoms with Crippen molar-refractivity contribution in [2.45, 2.75) is 5.75 Å². The summed E-state index contributed by atoms with van der Waals surface area (Å²) in [5.41, 5.74) is 0.536. The molecule has 0 aliphatic rings. The zero-order valence-corrected chi connectivity index (χ0v) is 11.0. The first-order chi connectivity index (χ1) is 8.94. The number of hydrogen-bond donors (Lipinski definition) is 1. The predicted molar refractivity (Wildman–Crippen MR) is 69.4 cm³/mol. The summed E-state index contributed by atoms with van der Waals surface area (Å²) in [5, 5.41) is 2.59. The first-order valence-electron chi connectivity index (χ1n) is 5.42. The molecule has 2 aromatic heterocycles. The fraction of sp³-hybridized carbons (Fsp3) is 0.167. The number of nitrogens with zero attached hydrogens (tertiary/aromatic N) is 1. The van der Waals surface area contributed by atoms with Crippen molar-refractivity contribution in [3.8, 4) is 0 Å². The van der Waals surface area contributed by atoms with Gasteiger partial charge in [-0.25, -0.2) is 8.42 Å². The van der Waals surface area contributed by atoms with E-state index in [4.69, 9.17) is 4.42 Å². The molecule has 0 radical (unpaired) electrons. The number of sulfone groups is 1. The molecular weight excluding hydrogens is 268 g/mol. The molecular formula is C12H12N2O4S. The quantitative estimate of drug-likeness (QED) is 0.916. The van der Waals surface area contributed by atoms with Gasteiger partial charge < -0.3 is 9.73 Å². The Labute approximate surface area is 110 Å². The summed E-state index contributed by atoms with van der Waals surface area (Å²) in [6.45, 7) is 0. The van der Waals surface area contributed by atoms with Crippen molar-refractivity contribution in [1.82, 2.24) is 4.98 Å². The number of hydrogen-bond acceptors (Lipinski definition) is 5. The smallest absolute Gasteiger partial charge is 0.291 e. The molecule has 0 bridgehead atoms. The van der Waals surface area contributed by atoms with E-state index < -0.39 is 15.7 Å². The van der Waals surface area contributed by atoms with Crippen LogP contribution in [0.25, 0.3) is 0 Å². The number of aromatic nitrogens is 1. The van der Waals surface area contributed by atoms with E-state index in [1.54, 1.807) is 18.3 Å². The van der Waals surface area contributed by atoms with Crippen molar-refractivity contribution in [3.05, 3.63) is 48.2 Å². The van der Waals surface area contributed by atoms with Gasteiger partial charge in [0.25, 0.3) is 5.91 Å². The predicted octanol–water partition coefficient (Wildman–Crippen LogP) is 1.47. The number of furan rings is 1. The minimum Gasteiger partial charge on any atom is -0.455 e. The van der Waals surface area contributed by atoms with Crippen LogP contribution in [0.3, 0.4) is 0 Å². The number of rotatable bonds is 4. The lowest BCUT2D eigenvalue weighted by Gasteiger charge is -2.01. The number of pyridine rings is 1. The van der Waals surface area contributed by atoms with Crippen LogP contribution in [-0.4, -0.2) is 25.6 Å². The summed E-state index contributed by atoms with van der Waals surface area (Å²) < 4.78 is 27.4. The zero-order chi connectivity index (χ0) is 13.9. The third-order valence-corrected chi connectivity index (χ3v) is 3.02. The highest BCUT2D eigenvalue weighted by atomic mass is 32.2. The SMILES string of the molecule is CS(=O)(=O)Cc1ccc(C(=O)Nc2cccnc2)o1. The fourth-order valence-electron chi connectivity index (χ4n) is 1.47. The molecule has 0 spiro atoms.